The second-order valence-electron chi connectivity index (χ2n) is 7.41. The van der Waals surface area contributed by atoms with Gasteiger partial charge in [0.05, 0.1) is 23.7 Å². The lowest BCUT2D eigenvalue weighted by molar-refractivity contribution is 0.410. The molecule has 1 aromatic heterocycles. The van der Waals surface area contributed by atoms with Crippen molar-refractivity contribution in [1.82, 2.24) is 9.55 Å². The maximum Gasteiger partial charge on any atom is 0.331 e. The highest BCUT2D eigenvalue weighted by atomic mass is 16.5. The number of hydrogen-bond acceptors (Lipinski definition) is 4. The molecule has 0 saturated carbocycles. The summed E-state index contributed by atoms with van der Waals surface area (Å²) in [6.45, 7) is 7.77. The lowest BCUT2D eigenvalue weighted by Crippen LogP contribution is -2.34. The largest absolute Gasteiger partial charge is 0.440 e. The number of nitrogens with zero attached hydrogens (tertiary/aromatic N) is 2. The van der Waals surface area contributed by atoms with E-state index in [4.69, 9.17) is 4.74 Å². The van der Waals surface area contributed by atoms with E-state index < -0.39 is 11.2 Å². The molecule has 2 aromatic carbocycles. The molecule has 0 radical (unpaired) electrons. The number of nitrogens with one attached hydrogen (secondary N) is 1. The second kappa shape index (κ2) is 8.19. The monoisotopic (exact) mass is 389 g/mol. The van der Waals surface area contributed by atoms with Gasteiger partial charge >= 0.3 is 5.69 Å². The van der Waals surface area contributed by atoms with Gasteiger partial charge in [-0.1, -0.05) is 38.1 Å². The maximum atomic E-state index is 12.7. The first-order valence-electron chi connectivity index (χ1n) is 9.41. The number of rotatable bonds is 5. The predicted octanol–water partition coefficient (Wildman–Crippen LogP) is 3.99. The summed E-state index contributed by atoms with van der Waals surface area (Å²) in [6.07, 6.45) is 0. The molecule has 0 fully saturated rings. The Kier molecular flexibility index (Phi) is 5.69. The number of benzene rings is 2. The first-order chi connectivity index (χ1) is 13.8. The minimum Gasteiger partial charge on any atom is -0.440 e. The van der Waals surface area contributed by atoms with Gasteiger partial charge in [0.15, 0.2) is 0 Å². The number of aromatic nitrogens is 2. The number of aryl methyl sites for hydroxylation is 2. The van der Waals surface area contributed by atoms with E-state index in [0.29, 0.717) is 22.4 Å². The average Bonchev–Trinajstić information content (AvgIpc) is 2.63. The van der Waals surface area contributed by atoms with Crippen LogP contribution in [-0.2, 0) is 6.54 Å². The molecule has 0 aliphatic heterocycles. The van der Waals surface area contributed by atoms with E-state index in [-0.39, 0.29) is 18.3 Å². The summed E-state index contributed by atoms with van der Waals surface area (Å²) in [6, 6.07) is 14.9. The molecule has 0 saturated heterocycles. The number of hydrogen-bond donors (Lipinski definition) is 1. The lowest BCUT2D eigenvalue weighted by atomic mass is 10.1. The van der Waals surface area contributed by atoms with Crippen molar-refractivity contribution in [2.75, 3.05) is 0 Å². The molecule has 0 atom stereocenters. The van der Waals surface area contributed by atoms with E-state index in [1.54, 1.807) is 24.3 Å². The van der Waals surface area contributed by atoms with E-state index in [0.717, 1.165) is 11.1 Å². The van der Waals surface area contributed by atoms with Crippen molar-refractivity contribution in [2.24, 2.45) is 0 Å². The minimum atomic E-state index is -0.577. The molecule has 0 aliphatic rings. The van der Waals surface area contributed by atoms with Crippen molar-refractivity contribution < 1.29 is 4.74 Å². The van der Waals surface area contributed by atoms with Gasteiger partial charge in [-0.2, -0.15) is 5.26 Å². The van der Waals surface area contributed by atoms with Crippen molar-refractivity contribution in [3.8, 4) is 17.7 Å². The van der Waals surface area contributed by atoms with E-state index in [2.05, 4.69) is 11.1 Å². The van der Waals surface area contributed by atoms with Crippen LogP contribution in [0, 0.1) is 25.2 Å². The van der Waals surface area contributed by atoms with Gasteiger partial charge in [0.1, 0.15) is 5.75 Å². The van der Waals surface area contributed by atoms with Gasteiger partial charge in [-0.25, -0.2) is 4.79 Å². The molecule has 0 unspecified atom stereocenters. The molecule has 1 N–H and O–H groups in total. The lowest BCUT2D eigenvalue weighted by Gasteiger charge is -2.19. The third-order valence-corrected chi connectivity index (χ3v) is 4.64. The number of ether oxygens (including phenoxy) is 1. The second-order valence-corrected chi connectivity index (χ2v) is 7.41. The fourth-order valence-corrected chi connectivity index (χ4v) is 3.37. The van der Waals surface area contributed by atoms with Crippen molar-refractivity contribution in [2.45, 2.75) is 40.2 Å². The van der Waals surface area contributed by atoms with Crippen LogP contribution in [0.25, 0.3) is 0 Å². The minimum absolute atomic E-state index is 0.110. The van der Waals surface area contributed by atoms with Gasteiger partial charge in [0.25, 0.3) is 5.56 Å². The zero-order valence-corrected chi connectivity index (χ0v) is 16.9. The molecule has 6 heteroatoms. The smallest absolute Gasteiger partial charge is 0.331 e. The van der Waals surface area contributed by atoms with Crippen LogP contribution in [0.3, 0.4) is 0 Å². The molecule has 148 valence electrons. The van der Waals surface area contributed by atoms with Gasteiger partial charge in [0, 0.05) is 0 Å². The van der Waals surface area contributed by atoms with Gasteiger partial charge in [-0.05, 0) is 54.7 Å². The molecular formula is C23H23N3O3. The van der Waals surface area contributed by atoms with Crippen molar-refractivity contribution in [3.05, 3.63) is 91.1 Å². The Morgan fingerprint density at radius 3 is 2.38 bits per heavy atom. The van der Waals surface area contributed by atoms with Crippen LogP contribution in [-0.4, -0.2) is 9.55 Å². The zero-order valence-electron chi connectivity index (χ0n) is 16.9. The van der Waals surface area contributed by atoms with Crippen LogP contribution >= 0.6 is 0 Å². The summed E-state index contributed by atoms with van der Waals surface area (Å²) in [5.41, 5.74) is 2.51. The number of nitriles is 1. The Hall–Kier alpha value is -3.59. The molecule has 0 bridgehead atoms. The fraction of sp³-hybridized carbons (Fsp3) is 0.261. The van der Waals surface area contributed by atoms with Gasteiger partial charge in [0.2, 0.25) is 5.88 Å². The van der Waals surface area contributed by atoms with Crippen molar-refractivity contribution >= 4 is 0 Å². The first kappa shape index (κ1) is 20.2. The Labute approximate surface area is 169 Å². The summed E-state index contributed by atoms with van der Waals surface area (Å²) >= 11 is 0. The summed E-state index contributed by atoms with van der Waals surface area (Å²) in [5, 5.41) is 9.39. The molecule has 0 spiro atoms. The molecule has 0 amide bonds. The van der Waals surface area contributed by atoms with Gasteiger partial charge < -0.3 is 4.74 Å². The number of aromatic amines is 1. The van der Waals surface area contributed by atoms with Gasteiger partial charge in [-0.15, -0.1) is 0 Å². The maximum absolute atomic E-state index is 12.7. The Morgan fingerprint density at radius 2 is 1.76 bits per heavy atom. The molecule has 29 heavy (non-hydrogen) atoms. The Morgan fingerprint density at radius 1 is 1.10 bits per heavy atom. The highest BCUT2D eigenvalue weighted by Crippen LogP contribution is 2.29. The molecule has 0 aliphatic carbocycles. The van der Waals surface area contributed by atoms with Crippen molar-refractivity contribution in [1.29, 1.82) is 5.26 Å². The Bertz CT molecular complexity index is 1190. The quantitative estimate of drug-likeness (QED) is 0.715. The SMILES string of the molecule is Cc1cc(C)cc(Oc2c(C(C)C)c(=O)[nH]c(=O)n2Cc2ccccc2C#N)c1. The van der Waals surface area contributed by atoms with Crippen LogP contribution in [0.4, 0.5) is 0 Å². The highest BCUT2D eigenvalue weighted by Gasteiger charge is 2.21. The molecule has 1 heterocycles. The predicted molar refractivity (Wildman–Crippen MR) is 112 cm³/mol. The van der Waals surface area contributed by atoms with E-state index >= 15 is 0 Å². The first-order valence-corrected chi connectivity index (χ1v) is 9.41. The standard InChI is InChI=1S/C23H23N3O3/c1-14(2)20-21(27)25-23(28)26(13-18-8-6-5-7-17(18)12-24)22(20)29-19-10-15(3)9-16(4)11-19/h5-11,14H,13H2,1-4H3,(H,25,27,28). The molecule has 3 rings (SSSR count). The molecule has 3 aromatic rings. The fourth-order valence-electron chi connectivity index (χ4n) is 3.37. The van der Waals surface area contributed by atoms with Gasteiger partial charge in [-0.3, -0.25) is 14.3 Å². The van der Waals surface area contributed by atoms with Crippen LogP contribution in [0.5, 0.6) is 11.6 Å². The highest BCUT2D eigenvalue weighted by molar-refractivity contribution is 5.40. The summed E-state index contributed by atoms with van der Waals surface area (Å²) < 4.78 is 7.51. The molecule has 6 nitrogen and oxygen atoms in total. The van der Waals surface area contributed by atoms with Crippen LogP contribution in [0.2, 0.25) is 0 Å². The average molecular weight is 389 g/mol. The van der Waals surface area contributed by atoms with Crippen LogP contribution < -0.4 is 16.0 Å². The summed E-state index contributed by atoms with van der Waals surface area (Å²) in [5.74, 6) is 0.584. The van der Waals surface area contributed by atoms with E-state index in [1.165, 1.54) is 4.57 Å². The summed E-state index contributed by atoms with van der Waals surface area (Å²) in [4.78, 5) is 27.6. The number of H-pyrrole nitrogens is 1. The van der Waals surface area contributed by atoms with Crippen LogP contribution in [0.1, 0.15) is 47.6 Å². The third kappa shape index (κ3) is 4.30. The van der Waals surface area contributed by atoms with E-state index in [1.807, 2.05) is 45.9 Å². The summed E-state index contributed by atoms with van der Waals surface area (Å²) in [7, 11) is 0. The third-order valence-electron chi connectivity index (χ3n) is 4.64. The van der Waals surface area contributed by atoms with E-state index in [9.17, 15) is 14.9 Å². The van der Waals surface area contributed by atoms with Crippen molar-refractivity contribution in [3.63, 3.8) is 0 Å². The zero-order chi connectivity index (χ0) is 21.1. The normalized spacial score (nSPS) is 10.8. The Balaban J connectivity index is 2.22. The molecular weight excluding hydrogens is 366 g/mol. The van der Waals surface area contributed by atoms with Crippen LogP contribution in [0.15, 0.2) is 52.1 Å². The topological polar surface area (TPSA) is 87.9 Å².